The summed E-state index contributed by atoms with van der Waals surface area (Å²) in [6.45, 7) is 12.1. The van der Waals surface area contributed by atoms with Crippen LogP contribution in [0.4, 0.5) is 0 Å². The number of carbonyl (C=O) groups excluding carboxylic acids is 4. The Morgan fingerprint density at radius 2 is 1.39 bits per heavy atom. The molecule has 0 aliphatic carbocycles. The molecule has 23 heavy (non-hydrogen) atoms. The van der Waals surface area contributed by atoms with Gasteiger partial charge in [0.15, 0.2) is 0 Å². The number of allylic oxidation sites excluding steroid dienone is 1. The van der Waals surface area contributed by atoms with Crippen molar-refractivity contribution in [3.8, 4) is 0 Å². The Morgan fingerprint density at radius 1 is 0.957 bits per heavy atom. The molecule has 132 valence electrons. The van der Waals surface area contributed by atoms with Crippen molar-refractivity contribution >= 4 is 23.5 Å². The summed E-state index contributed by atoms with van der Waals surface area (Å²) in [7, 11) is 0. The summed E-state index contributed by atoms with van der Waals surface area (Å²) in [6, 6.07) is 0. The standard InChI is InChI=1S/C10H16O3.C7H12O3/c1-4-6-7-9(11)8(3)10(12)13-5-2;1-4-10-7(9)5(2)6(3)8/h4,8H,1,5-7H2,2-3H3;5H,4H2,1-3H3. The van der Waals surface area contributed by atoms with Gasteiger partial charge >= 0.3 is 11.9 Å². The van der Waals surface area contributed by atoms with Crippen LogP contribution < -0.4 is 0 Å². The molecule has 2 unspecified atom stereocenters. The molecule has 0 aromatic rings. The molecule has 0 bridgehead atoms. The van der Waals surface area contributed by atoms with Gasteiger partial charge in [-0.15, -0.1) is 6.58 Å². The summed E-state index contributed by atoms with van der Waals surface area (Å²) in [5.41, 5.74) is 0. The number of esters is 2. The molecule has 0 N–H and O–H groups in total. The van der Waals surface area contributed by atoms with E-state index in [1.54, 1.807) is 33.8 Å². The van der Waals surface area contributed by atoms with E-state index in [4.69, 9.17) is 4.74 Å². The average molecular weight is 328 g/mol. The summed E-state index contributed by atoms with van der Waals surface area (Å²) in [4.78, 5) is 43.6. The second kappa shape index (κ2) is 13.7. The number of Topliss-reactive ketones (excluding diaryl/α,β-unsaturated/α-hetero) is 2. The van der Waals surface area contributed by atoms with Gasteiger partial charge in [0, 0.05) is 6.42 Å². The molecule has 0 rings (SSSR count). The molecule has 0 aliphatic heterocycles. The summed E-state index contributed by atoms with van der Waals surface area (Å²) in [5, 5.41) is 0. The van der Waals surface area contributed by atoms with Crippen LogP contribution in [0, 0.1) is 11.8 Å². The van der Waals surface area contributed by atoms with Gasteiger partial charge in [-0.3, -0.25) is 19.2 Å². The van der Waals surface area contributed by atoms with Crippen molar-refractivity contribution in [1.29, 1.82) is 0 Å². The van der Waals surface area contributed by atoms with E-state index in [1.807, 2.05) is 0 Å². The van der Waals surface area contributed by atoms with Crippen molar-refractivity contribution in [2.75, 3.05) is 13.2 Å². The Morgan fingerprint density at radius 3 is 1.74 bits per heavy atom. The molecule has 0 aromatic heterocycles. The van der Waals surface area contributed by atoms with Crippen molar-refractivity contribution in [1.82, 2.24) is 0 Å². The van der Waals surface area contributed by atoms with E-state index in [1.165, 1.54) is 6.92 Å². The smallest absolute Gasteiger partial charge is 0.316 e. The fourth-order valence-electron chi connectivity index (χ4n) is 1.29. The quantitative estimate of drug-likeness (QED) is 0.367. The maximum Gasteiger partial charge on any atom is 0.316 e. The van der Waals surface area contributed by atoms with Crippen LogP contribution in [0.1, 0.15) is 47.5 Å². The topological polar surface area (TPSA) is 86.7 Å². The first-order valence-corrected chi connectivity index (χ1v) is 7.70. The lowest BCUT2D eigenvalue weighted by Gasteiger charge is -2.07. The SMILES string of the molecule is C=CCCC(=O)C(C)C(=O)OCC.CCOC(=O)C(C)C(C)=O. The van der Waals surface area contributed by atoms with E-state index in [9.17, 15) is 19.2 Å². The predicted octanol–water partition coefficient (Wildman–Crippen LogP) is 2.50. The number of hydrogen-bond donors (Lipinski definition) is 0. The number of rotatable bonds is 9. The van der Waals surface area contributed by atoms with E-state index < -0.39 is 23.8 Å². The maximum atomic E-state index is 11.3. The molecule has 0 saturated carbocycles. The van der Waals surface area contributed by atoms with Gasteiger partial charge in [-0.25, -0.2) is 0 Å². The molecule has 0 aromatic carbocycles. The Balaban J connectivity index is 0. The molecular weight excluding hydrogens is 300 g/mol. The first-order chi connectivity index (χ1) is 10.7. The number of hydrogen-bond acceptors (Lipinski definition) is 6. The average Bonchev–Trinajstić information content (AvgIpc) is 2.51. The van der Waals surface area contributed by atoms with Gasteiger partial charge < -0.3 is 9.47 Å². The summed E-state index contributed by atoms with van der Waals surface area (Å²) in [5.74, 6) is -2.36. The van der Waals surface area contributed by atoms with Gasteiger partial charge in [0.2, 0.25) is 0 Å². The van der Waals surface area contributed by atoms with E-state index in [-0.39, 0.29) is 11.6 Å². The lowest BCUT2D eigenvalue weighted by Crippen LogP contribution is -2.23. The third kappa shape index (κ3) is 11.3. The summed E-state index contributed by atoms with van der Waals surface area (Å²) >= 11 is 0. The highest BCUT2D eigenvalue weighted by Gasteiger charge is 2.21. The van der Waals surface area contributed by atoms with Gasteiger partial charge in [-0.1, -0.05) is 6.08 Å². The van der Waals surface area contributed by atoms with Crippen LogP contribution in [0.3, 0.4) is 0 Å². The molecular formula is C17H28O6. The van der Waals surface area contributed by atoms with Gasteiger partial charge in [0.1, 0.15) is 23.4 Å². The molecule has 0 amide bonds. The molecule has 0 heterocycles. The zero-order valence-corrected chi connectivity index (χ0v) is 14.7. The minimum Gasteiger partial charge on any atom is -0.465 e. The molecule has 0 aliphatic rings. The van der Waals surface area contributed by atoms with Crippen LogP contribution in [0.15, 0.2) is 12.7 Å². The van der Waals surface area contributed by atoms with Gasteiger partial charge in [-0.05, 0) is 41.0 Å². The van der Waals surface area contributed by atoms with Crippen LogP contribution in [0.25, 0.3) is 0 Å². The minimum atomic E-state index is -0.639. The van der Waals surface area contributed by atoms with Crippen molar-refractivity contribution < 1.29 is 28.7 Å². The first kappa shape index (κ1) is 23.3. The third-order valence-electron chi connectivity index (χ3n) is 2.97. The zero-order chi connectivity index (χ0) is 18.4. The molecule has 2 atom stereocenters. The van der Waals surface area contributed by atoms with Crippen LogP contribution in [0.2, 0.25) is 0 Å². The van der Waals surface area contributed by atoms with Crippen LogP contribution in [0.5, 0.6) is 0 Å². The van der Waals surface area contributed by atoms with Gasteiger partial charge in [-0.2, -0.15) is 0 Å². The summed E-state index contributed by atoms with van der Waals surface area (Å²) < 4.78 is 9.32. The highest BCUT2D eigenvalue weighted by molar-refractivity contribution is 5.98. The summed E-state index contributed by atoms with van der Waals surface area (Å²) in [6.07, 6.45) is 2.64. The van der Waals surface area contributed by atoms with E-state index in [0.717, 1.165) is 0 Å². The van der Waals surface area contributed by atoms with E-state index in [0.29, 0.717) is 26.1 Å². The largest absolute Gasteiger partial charge is 0.465 e. The van der Waals surface area contributed by atoms with Crippen LogP contribution in [-0.4, -0.2) is 36.7 Å². The molecule has 0 fully saturated rings. The number of carbonyl (C=O) groups is 4. The highest BCUT2D eigenvalue weighted by Crippen LogP contribution is 2.05. The van der Waals surface area contributed by atoms with E-state index in [2.05, 4.69) is 11.3 Å². The lowest BCUT2D eigenvalue weighted by molar-refractivity contribution is -0.152. The van der Waals surface area contributed by atoms with Crippen molar-refractivity contribution in [3.63, 3.8) is 0 Å². The molecule has 0 radical (unpaired) electrons. The van der Waals surface area contributed by atoms with Gasteiger partial charge in [0.25, 0.3) is 0 Å². The molecule has 6 heteroatoms. The van der Waals surface area contributed by atoms with E-state index >= 15 is 0 Å². The maximum absolute atomic E-state index is 11.3. The Hall–Kier alpha value is -1.98. The monoisotopic (exact) mass is 328 g/mol. The van der Waals surface area contributed by atoms with Crippen molar-refractivity contribution in [2.24, 2.45) is 11.8 Å². The second-order valence-electron chi connectivity index (χ2n) is 4.85. The zero-order valence-electron chi connectivity index (χ0n) is 14.7. The second-order valence-corrected chi connectivity index (χ2v) is 4.85. The minimum absolute atomic E-state index is 0.0849. The number of ether oxygens (including phenoxy) is 2. The normalized spacial score (nSPS) is 12.0. The molecule has 0 saturated heterocycles. The fraction of sp³-hybridized carbons (Fsp3) is 0.647. The first-order valence-electron chi connectivity index (χ1n) is 7.70. The lowest BCUT2D eigenvalue weighted by atomic mass is 10.0. The Labute approximate surface area is 138 Å². The molecule has 0 spiro atoms. The van der Waals surface area contributed by atoms with Crippen LogP contribution in [-0.2, 0) is 28.7 Å². The molecule has 6 nitrogen and oxygen atoms in total. The number of ketones is 2. The Kier molecular flexibility index (Phi) is 13.8. The highest BCUT2D eigenvalue weighted by atomic mass is 16.5. The predicted molar refractivity (Wildman–Crippen MR) is 86.7 cm³/mol. The third-order valence-corrected chi connectivity index (χ3v) is 2.97. The van der Waals surface area contributed by atoms with Gasteiger partial charge in [0.05, 0.1) is 13.2 Å². The fourth-order valence-corrected chi connectivity index (χ4v) is 1.29. The van der Waals surface area contributed by atoms with Crippen molar-refractivity contribution in [3.05, 3.63) is 12.7 Å². The van der Waals surface area contributed by atoms with Crippen LogP contribution >= 0.6 is 0 Å². The Bertz CT molecular complexity index is 413. The van der Waals surface area contributed by atoms with Crippen molar-refractivity contribution in [2.45, 2.75) is 47.5 Å².